The van der Waals surface area contributed by atoms with Crippen LogP contribution in [0.3, 0.4) is 0 Å². The largest absolute Gasteiger partial charge is 0.326 e. The van der Waals surface area contributed by atoms with Crippen molar-refractivity contribution in [2.24, 2.45) is 0 Å². The molecule has 0 fully saturated rings. The summed E-state index contributed by atoms with van der Waals surface area (Å²) in [5.74, 6) is -0.905. The van der Waals surface area contributed by atoms with E-state index in [0.29, 0.717) is 15.7 Å². The Bertz CT molecular complexity index is 641. The van der Waals surface area contributed by atoms with E-state index in [2.05, 4.69) is 5.32 Å². The van der Waals surface area contributed by atoms with Gasteiger partial charge in [0.15, 0.2) is 0 Å². The molecule has 0 aliphatic heterocycles. The fraction of sp³-hybridized carbons (Fsp3) is 0.0714. The van der Waals surface area contributed by atoms with Crippen LogP contribution in [0.4, 0.5) is 10.1 Å². The second kappa shape index (κ2) is 6.44. The molecular formula is C14H9Cl3FNO. The summed E-state index contributed by atoms with van der Waals surface area (Å²) in [4.78, 5) is 11.9. The number of nitrogens with one attached hydrogen (secondary N) is 1. The minimum atomic E-state index is -0.512. The SMILES string of the molecule is O=C(Cc1c(F)cccc1Cl)Nc1ccc(Cl)c(Cl)c1. The molecular weight excluding hydrogens is 324 g/mol. The summed E-state index contributed by atoms with van der Waals surface area (Å²) in [6.45, 7) is 0. The summed E-state index contributed by atoms with van der Waals surface area (Å²) >= 11 is 17.5. The first-order valence-electron chi connectivity index (χ1n) is 5.65. The van der Waals surface area contributed by atoms with Crippen LogP contribution in [0.5, 0.6) is 0 Å². The standard InChI is InChI=1S/C14H9Cl3FNO/c15-10-2-1-3-13(18)9(10)7-14(20)19-8-4-5-11(16)12(17)6-8/h1-6H,7H2,(H,19,20). The highest BCUT2D eigenvalue weighted by atomic mass is 35.5. The van der Waals surface area contributed by atoms with E-state index in [0.717, 1.165) is 0 Å². The van der Waals surface area contributed by atoms with Crippen molar-refractivity contribution in [3.63, 3.8) is 0 Å². The molecule has 20 heavy (non-hydrogen) atoms. The maximum atomic E-state index is 13.6. The Morgan fingerprint density at radius 3 is 2.45 bits per heavy atom. The number of anilines is 1. The molecule has 0 saturated heterocycles. The summed E-state index contributed by atoms with van der Waals surface area (Å²) < 4.78 is 13.6. The molecule has 0 aliphatic rings. The van der Waals surface area contributed by atoms with Crippen molar-refractivity contribution in [3.8, 4) is 0 Å². The number of benzene rings is 2. The molecule has 0 bridgehead atoms. The van der Waals surface area contributed by atoms with Gasteiger partial charge in [-0.05, 0) is 30.3 Å². The van der Waals surface area contributed by atoms with E-state index in [4.69, 9.17) is 34.8 Å². The first kappa shape index (κ1) is 15.1. The van der Waals surface area contributed by atoms with Gasteiger partial charge in [0.25, 0.3) is 0 Å². The maximum Gasteiger partial charge on any atom is 0.228 e. The van der Waals surface area contributed by atoms with Crippen LogP contribution < -0.4 is 5.32 Å². The number of amides is 1. The van der Waals surface area contributed by atoms with Crippen molar-refractivity contribution in [3.05, 3.63) is 62.8 Å². The van der Waals surface area contributed by atoms with Crippen LogP contribution in [0.15, 0.2) is 36.4 Å². The van der Waals surface area contributed by atoms with Gasteiger partial charge in [0.1, 0.15) is 5.82 Å². The normalized spacial score (nSPS) is 10.4. The summed E-state index contributed by atoms with van der Waals surface area (Å²) in [6, 6.07) is 8.97. The molecule has 104 valence electrons. The molecule has 6 heteroatoms. The Kier molecular flexibility index (Phi) is 4.86. The third-order valence-electron chi connectivity index (χ3n) is 2.60. The van der Waals surface area contributed by atoms with Gasteiger partial charge in [-0.2, -0.15) is 0 Å². The molecule has 0 atom stereocenters. The van der Waals surface area contributed by atoms with E-state index in [1.807, 2.05) is 0 Å². The Morgan fingerprint density at radius 2 is 1.80 bits per heavy atom. The highest BCUT2D eigenvalue weighted by Gasteiger charge is 2.12. The molecule has 0 aliphatic carbocycles. The van der Waals surface area contributed by atoms with Crippen LogP contribution in [-0.2, 0) is 11.2 Å². The monoisotopic (exact) mass is 331 g/mol. The number of hydrogen-bond acceptors (Lipinski definition) is 1. The fourth-order valence-electron chi connectivity index (χ4n) is 1.64. The quantitative estimate of drug-likeness (QED) is 0.845. The summed E-state index contributed by atoms with van der Waals surface area (Å²) in [6.07, 6.45) is -0.161. The highest BCUT2D eigenvalue weighted by Crippen LogP contribution is 2.25. The molecule has 0 unspecified atom stereocenters. The van der Waals surface area contributed by atoms with Gasteiger partial charge >= 0.3 is 0 Å². The number of halogens is 4. The molecule has 2 nitrogen and oxygen atoms in total. The maximum absolute atomic E-state index is 13.6. The van der Waals surface area contributed by atoms with Crippen molar-refractivity contribution in [1.29, 1.82) is 0 Å². The summed E-state index contributed by atoms with van der Waals surface area (Å²) in [7, 11) is 0. The fourth-order valence-corrected chi connectivity index (χ4v) is 2.17. The Balaban J connectivity index is 2.11. The zero-order chi connectivity index (χ0) is 14.7. The van der Waals surface area contributed by atoms with E-state index < -0.39 is 11.7 Å². The lowest BCUT2D eigenvalue weighted by atomic mass is 10.1. The van der Waals surface area contributed by atoms with Gasteiger partial charge in [-0.25, -0.2) is 4.39 Å². The van der Waals surface area contributed by atoms with E-state index in [-0.39, 0.29) is 17.0 Å². The molecule has 0 saturated carbocycles. The van der Waals surface area contributed by atoms with Gasteiger partial charge in [0.2, 0.25) is 5.91 Å². The van der Waals surface area contributed by atoms with E-state index >= 15 is 0 Å². The lowest BCUT2D eigenvalue weighted by Crippen LogP contribution is -2.15. The van der Waals surface area contributed by atoms with Gasteiger partial charge in [-0.1, -0.05) is 40.9 Å². The summed E-state index contributed by atoms with van der Waals surface area (Å²) in [5, 5.41) is 3.54. The Labute approximate surface area is 130 Å². The van der Waals surface area contributed by atoms with Crippen LogP contribution in [0.2, 0.25) is 15.1 Å². The molecule has 2 aromatic carbocycles. The average Bonchev–Trinajstić information content (AvgIpc) is 2.38. The molecule has 0 radical (unpaired) electrons. The second-order valence-corrected chi connectivity index (χ2v) is 5.28. The molecule has 2 rings (SSSR count). The molecule has 1 amide bonds. The zero-order valence-electron chi connectivity index (χ0n) is 10.1. The van der Waals surface area contributed by atoms with E-state index in [9.17, 15) is 9.18 Å². The molecule has 0 aromatic heterocycles. The predicted molar refractivity (Wildman–Crippen MR) is 80.2 cm³/mol. The average molecular weight is 333 g/mol. The van der Waals surface area contributed by atoms with Crippen molar-refractivity contribution in [2.45, 2.75) is 6.42 Å². The molecule has 0 heterocycles. The Hall–Kier alpha value is -1.29. The minimum absolute atomic E-state index is 0.159. The van der Waals surface area contributed by atoms with Gasteiger partial charge in [-0.3, -0.25) is 4.79 Å². The predicted octanol–water partition coefficient (Wildman–Crippen LogP) is 4.97. The molecule has 1 N–H and O–H groups in total. The first-order chi connectivity index (χ1) is 9.47. The Morgan fingerprint density at radius 1 is 1.05 bits per heavy atom. The van der Waals surface area contributed by atoms with Crippen molar-refractivity contribution >= 4 is 46.4 Å². The van der Waals surface area contributed by atoms with Crippen molar-refractivity contribution < 1.29 is 9.18 Å². The smallest absolute Gasteiger partial charge is 0.228 e. The van der Waals surface area contributed by atoms with Crippen LogP contribution in [0, 0.1) is 5.82 Å². The van der Waals surface area contributed by atoms with E-state index in [1.165, 1.54) is 24.3 Å². The number of carbonyl (C=O) groups excluding carboxylic acids is 1. The lowest BCUT2D eigenvalue weighted by molar-refractivity contribution is -0.115. The zero-order valence-corrected chi connectivity index (χ0v) is 12.4. The van der Waals surface area contributed by atoms with Crippen molar-refractivity contribution in [1.82, 2.24) is 0 Å². The summed E-state index contributed by atoms with van der Waals surface area (Å²) in [5.41, 5.74) is 0.642. The van der Waals surface area contributed by atoms with Gasteiger partial charge < -0.3 is 5.32 Å². The second-order valence-electron chi connectivity index (χ2n) is 4.05. The van der Waals surface area contributed by atoms with Crippen LogP contribution in [-0.4, -0.2) is 5.91 Å². The molecule has 0 spiro atoms. The highest BCUT2D eigenvalue weighted by molar-refractivity contribution is 6.42. The first-order valence-corrected chi connectivity index (χ1v) is 6.78. The third-order valence-corrected chi connectivity index (χ3v) is 3.70. The lowest BCUT2D eigenvalue weighted by Gasteiger charge is -2.08. The number of rotatable bonds is 3. The van der Waals surface area contributed by atoms with Gasteiger partial charge in [-0.15, -0.1) is 0 Å². The topological polar surface area (TPSA) is 29.1 Å². The van der Waals surface area contributed by atoms with E-state index in [1.54, 1.807) is 12.1 Å². The minimum Gasteiger partial charge on any atom is -0.326 e. The number of carbonyl (C=O) groups is 1. The van der Waals surface area contributed by atoms with Crippen LogP contribution in [0.1, 0.15) is 5.56 Å². The third kappa shape index (κ3) is 3.63. The van der Waals surface area contributed by atoms with Crippen LogP contribution >= 0.6 is 34.8 Å². The van der Waals surface area contributed by atoms with Crippen LogP contribution in [0.25, 0.3) is 0 Å². The number of hydrogen-bond donors (Lipinski definition) is 1. The van der Waals surface area contributed by atoms with Crippen molar-refractivity contribution in [2.75, 3.05) is 5.32 Å². The van der Waals surface area contributed by atoms with Gasteiger partial charge in [0.05, 0.1) is 16.5 Å². The van der Waals surface area contributed by atoms with Gasteiger partial charge in [0, 0.05) is 16.3 Å². The molecule has 2 aromatic rings.